The van der Waals surface area contributed by atoms with Crippen LogP contribution in [0.5, 0.6) is 23.4 Å². The van der Waals surface area contributed by atoms with E-state index in [0.717, 1.165) is 5.56 Å². The molecule has 0 unspecified atom stereocenters. The van der Waals surface area contributed by atoms with Crippen molar-refractivity contribution >= 4 is 0 Å². The number of nitriles is 1. The molecule has 0 fully saturated rings. The number of hydrogen-bond acceptors (Lipinski definition) is 9. The van der Waals surface area contributed by atoms with Crippen molar-refractivity contribution in [1.29, 1.82) is 5.26 Å². The lowest BCUT2D eigenvalue weighted by atomic mass is 9.71. The molecular formula is C33H35FN4O5. The molecule has 2 heterocycles. The SMILES string of the molecule is COc1cc([C@@](O)(CCN(C)C)[C@@H](c2cc(-c3ccc(C#N)cc3)cnc2OC)c2cccc(OC)c2F)cc(OC)n1. The van der Waals surface area contributed by atoms with Gasteiger partial charge in [-0.25, -0.2) is 9.37 Å². The van der Waals surface area contributed by atoms with Crippen molar-refractivity contribution in [2.75, 3.05) is 49.1 Å². The summed E-state index contributed by atoms with van der Waals surface area (Å²) in [6.07, 6.45) is 1.81. The van der Waals surface area contributed by atoms with Crippen molar-refractivity contribution in [3.63, 3.8) is 0 Å². The third-order valence-corrected chi connectivity index (χ3v) is 7.37. The highest BCUT2D eigenvalue weighted by Gasteiger charge is 2.44. The molecule has 2 aromatic carbocycles. The summed E-state index contributed by atoms with van der Waals surface area (Å²) in [6.45, 7) is 0.441. The van der Waals surface area contributed by atoms with Crippen molar-refractivity contribution in [2.45, 2.75) is 17.9 Å². The first kappa shape index (κ1) is 31.2. The van der Waals surface area contributed by atoms with Crippen molar-refractivity contribution in [2.24, 2.45) is 0 Å². The minimum atomic E-state index is -1.76. The van der Waals surface area contributed by atoms with E-state index < -0.39 is 17.3 Å². The summed E-state index contributed by atoms with van der Waals surface area (Å²) in [5.41, 5.74) is 1.23. The van der Waals surface area contributed by atoms with Crippen LogP contribution in [0.25, 0.3) is 11.1 Å². The Labute approximate surface area is 251 Å². The van der Waals surface area contributed by atoms with E-state index in [4.69, 9.17) is 18.9 Å². The minimum absolute atomic E-state index is 0.0255. The molecule has 10 heteroatoms. The van der Waals surface area contributed by atoms with Crippen molar-refractivity contribution in [3.05, 3.63) is 94.9 Å². The topological polar surface area (TPSA) is 110 Å². The summed E-state index contributed by atoms with van der Waals surface area (Å²) in [6, 6.07) is 19.0. The lowest BCUT2D eigenvalue weighted by molar-refractivity contribution is 0.00229. The molecule has 0 radical (unpaired) electrons. The van der Waals surface area contributed by atoms with Crippen LogP contribution < -0.4 is 18.9 Å². The first-order chi connectivity index (χ1) is 20.7. The molecule has 0 spiro atoms. The number of benzene rings is 2. The second kappa shape index (κ2) is 13.5. The zero-order valence-corrected chi connectivity index (χ0v) is 25.1. The number of aliphatic hydroxyl groups is 1. The highest BCUT2D eigenvalue weighted by Crippen LogP contribution is 2.49. The van der Waals surface area contributed by atoms with Crippen LogP contribution in [-0.4, -0.2) is 69.1 Å². The van der Waals surface area contributed by atoms with E-state index in [0.29, 0.717) is 28.8 Å². The quantitative estimate of drug-likeness (QED) is 0.241. The summed E-state index contributed by atoms with van der Waals surface area (Å²) >= 11 is 0. The van der Waals surface area contributed by atoms with Gasteiger partial charge in [0.25, 0.3) is 0 Å². The summed E-state index contributed by atoms with van der Waals surface area (Å²) < 4.78 is 38.2. The Bertz CT molecular complexity index is 1580. The smallest absolute Gasteiger partial charge is 0.217 e. The maximum absolute atomic E-state index is 16.3. The Hall–Kier alpha value is -4.72. The fourth-order valence-electron chi connectivity index (χ4n) is 5.12. The third-order valence-electron chi connectivity index (χ3n) is 7.37. The number of nitrogens with zero attached hydrogens (tertiary/aromatic N) is 4. The van der Waals surface area contributed by atoms with Crippen LogP contribution in [0.4, 0.5) is 4.39 Å². The molecule has 2 aromatic heterocycles. The number of methoxy groups -OCH3 is 4. The maximum atomic E-state index is 16.3. The minimum Gasteiger partial charge on any atom is -0.494 e. The van der Waals surface area contributed by atoms with Gasteiger partial charge in [-0.15, -0.1) is 0 Å². The largest absolute Gasteiger partial charge is 0.494 e. The molecule has 224 valence electrons. The zero-order chi connectivity index (χ0) is 31.1. The van der Waals surface area contributed by atoms with Gasteiger partial charge in [0.1, 0.15) is 5.60 Å². The molecule has 0 saturated heterocycles. The Morgan fingerprint density at radius 2 is 1.58 bits per heavy atom. The first-order valence-electron chi connectivity index (χ1n) is 13.5. The number of halogens is 1. The first-order valence-corrected chi connectivity index (χ1v) is 13.5. The van der Waals surface area contributed by atoms with Crippen LogP contribution in [-0.2, 0) is 5.60 Å². The van der Waals surface area contributed by atoms with Crippen molar-refractivity contribution in [1.82, 2.24) is 14.9 Å². The summed E-state index contributed by atoms with van der Waals surface area (Å²) in [5, 5.41) is 22.2. The highest BCUT2D eigenvalue weighted by atomic mass is 19.1. The van der Waals surface area contributed by atoms with Crippen LogP contribution in [0.1, 0.15) is 34.6 Å². The predicted octanol–water partition coefficient (Wildman–Crippen LogP) is 5.16. The van der Waals surface area contributed by atoms with Crippen LogP contribution in [0, 0.1) is 17.1 Å². The molecule has 4 rings (SSSR count). The van der Waals surface area contributed by atoms with E-state index in [-0.39, 0.29) is 35.4 Å². The Balaban J connectivity index is 2.08. The monoisotopic (exact) mass is 586 g/mol. The molecule has 0 bridgehead atoms. The van der Waals surface area contributed by atoms with E-state index in [2.05, 4.69) is 16.0 Å². The molecule has 2 atom stereocenters. The van der Waals surface area contributed by atoms with E-state index in [1.165, 1.54) is 34.5 Å². The Kier molecular flexibility index (Phi) is 9.80. The molecule has 0 aliphatic heterocycles. The fourth-order valence-corrected chi connectivity index (χ4v) is 5.12. The fraction of sp³-hybridized carbons (Fsp3) is 0.303. The normalized spacial score (nSPS) is 13.1. The molecule has 0 aliphatic carbocycles. The van der Waals surface area contributed by atoms with Gasteiger partial charge in [0, 0.05) is 41.6 Å². The van der Waals surface area contributed by atoms with Gasteiger partial charge in [-0.3, -0.25) is 0 Å². The average Bonchev–Trinajstić information content (AvgIpc) is 3.04. The zero-order valence-electron chi connectivity index (χ0n) is 25.1. The summed E-state index contributed by atoms with van der Waals surface area (Å²) in [7, 11) is 9.59. The summed E-state index contributed by atoms with van der Waals surface area (Å²) in [5.74, 6) is -1.01. The van der Waals surface area contributed by atoms with Gasteiger partial charge in [-0.2, -0.15) is 10.2 Å². The van der Waals surface area contributed by atoms with Crippen LogP contribution in [0.2, 0.25) is 0 Å². The van der Waals surface area contributed by atoms with Gasteiger partial charge in [0.05, 0.1) is 46.0 Å². The molecule has 43 heavy (non-hydrogen) atoms. The van der Waals surface area contributed by atoms with E-state index >= 15 is 4.39 Å². The van der Waals surface area contributed by atoms with Gasteiger partial charge >= 0.3 is 0 Å². The second-order valence-electron chi connectivity index (χ2n) is 10.2. The molecule has 4 aromatic rings. The van der Waals surface area contributed by atoms with Gasteiger partial charge in [0.2, 0.25) is 17.6 Å². The average molecular weight is 587 g/mol. The van der Waals surface area contributed by atoms with Gasteiger partial charge in [-0.05, 0) is 55.9 Å². The second-order valence-corrected chi connectivity index (χ2v) is 10.2. The number of rotatable bonds is 12. The lowest BCUT2D eigenvalue weighted by Crippen LogP contribution is -2.38. The van der Waals surface area contributed by atoms with Crippen LogP contribution in [0.3, 0.4) is 0 Å². The summed E-state index contributed by atoms with van der Waals surface area (Å²) in [4.78, 5) is 10.8. The van der Waals surface area contributed by atoms with Crippen molar-refractivity contribution < 1.29 is 28.4 Å². The van der Waals surface area contributed by atoms with Crippen molar-refractivity contribution in [3.8, 4) is 40.6 Å². The van der Waals surface area contributed by atoms with Gasteiger partial charge in [0.15, 0.2) is 11.6 Å². The number of ether oxygens (including phenoxy) is 4. The third kappa shape index (κ3) is 6.53. The number of aromatic nitrogens is 2. The molecular weight excluding hydrogens is 551 g/mol. The lowest BCUT2D eigenvalue weighted by Gasteiger charge is -2.39. The van der Waals surface area contributed by atoms with E-state index in [1.54, 1.807) is 42.6 Å². The maximum Gasteiger partial charge on any atom is 0.217 e. The van der Waals surface area contributed by atoms with E-state index in [9.17, 15) is 10.4 Å². The Morgan fingerprint density at radius 1 is 0.907 bits per heavy atom. The van der Waals surface area contributed by atoms with E-state index in [1.807, 2.05) is 37.2 Å². The predicted molar refractivity (Wildman–Crippen MR) is 160 cm³/mol. The van der Waals surface area contributed by atoms with Crippen LogP contribution in [0.15, 0.2) is 66.9 Å². The van der Waals surface area contributed by atoms with Gasteiger partial charge in [-0.1, -0.05) is 24.3 Å². The standard InChI is InChI=1S/C33H35FN4O5/c1-38(2)15-14-33(39,24-17-28(41-4)37-29(18-24)42-5)30(25-8-7-9-27(40-3)31(25)34)26-16-23(20-36-32(26)43-6)22-12-10-21(19-35)11-13-22/h7-13,16-18,20,30,39H,14-15H2,1-6H3/t30-,33+/m1/s1. The Morgan fingerprint density at radius 3 is 2.14 bits per heavy atom. The van der Waals surface area contributed by atoms with Crippen LogP contribution >= 0.6 is 0 Å². The molecule has 0 amide bonds. The molecule has 0 saturated carbocycles. The van der Waals surface area contributed by atoms with Gasteiger partial charge < -0.3 is 29.0 Å². The molecule has 0 aliphatic rings. The molecule has 1 N–H and O–H groups in total. The molecule has 9 nitrogen and oxygen atoms in total. The highest BCUT2D eigenvalue weighted by molar-refractivity contribution is 5.66. The number of hydrogen-bond donors (Lipinski definition) is 1. The number of pyridine rings is 2.